The maximum Gasteiger partial charge on any atom is 0.262 e. The molecular formula is C21H18Cl2N2O3. The van der Waals surface area contributed by atoms with Crippen LogP contribution in [-0.4, -0.2) is 28.7 Å². The van der Waals surface area contributed by atoms with Gasteiger partial charge in [0.2, 0.25) is 5.91 Å². The molecule has 0 spiro atoms. The second-order valence-corrected chi connectivity index (χ2v) is 7.93. The van der Waals surface area contributed by atoms with E-state index in [0.29, 0.717) is 0 Å². The van der Waals surface area contributed by atoms with Gasteiger partial charge in [0.05, 0.1) is 27.2 Å². The zero-order valence-electron chi connectivity index (χ0n) is 15.2. The van der Waals surface area contributed by atoms with Crippen LogP contribution in [0.3, 0.4) is 0 Å². The molecule has 2 aromatic carbocycles. The number of carbonyl (C=O) groups excluding carboxylic acids is 3. The lowest BCUT2D eigenvalue weighted by molar-refractivity contribution is -0.125. The molecule has 1 aliphatic heterocycles. The van der Waals surface area contributed by atoms with Gasteiger partial charge in [-0.25, -0.2) is 0 Å². The largest absolute Gasteiger partial charge is 0.347 e. The van der Waals surface area contributed by atoms with Crippen LogP contribution in [0.1, 0.15) is 57.7 Å². The molecule has 144 valence electrons. The summed E-state index contributed by atoms with van der Waals surface area (Å²) < 4.78 is 0. The zero-order valence-corrected chi connectivity index (χ0v) is 16.7. The Kier molecular flexibility index (Phi) is 4.89. The molecule has 2 aromatic rings. The van der Waals surface area contributed by atoms with Crippen molar-refractivity contribution in [2.24, 2.45) is 0 Å². The minimum Gasteiger partial charge on any atom is -0.347 e. The zero-order chi connectivity index (χ0) is 20.0. The first kappa shape index (κ1) is 19.0. The summed E-state index contributed by atoms with van der Waals surface area (Å²) in [6.45, 7) is 1.55. The molecule has 7 heteroatoms. The van der Waals surface area contributed by atoms with Crippen LogP contribution in [0.25, 0.3) is 0 Å². The molecule has 2 unspecified atom stereocenters. The molecule has 28 heavy (non-hydrogen) atoms. The fourth-order valence-corrected chi connectivity index (χ4v) is 4.25. The van der Waals surface area contributed by atoms with Crippen LogP contribution in [0.5, 0.6) is 0 Å². The van der Waals surface area contributed by atoms with E-state index in [0.717, 1.165) is 29.7 Å². The first-order valence-electron chi connectivity index (χ1n) is 9.13. The van der Waals surface area contributed by atoms with Gasteiger partial charge in [0.1, 0.15) is 6.04 Å². The van der Waals surface area contributed by atoms with Crippen LogP contribution >= 0.6 is 23.2 Å². The highest BCUT2D eigenvalue weighted by Crippen LogP contribution is 2.33. The van der Waals surface area contributed by atoms with Crippen molar-refractivity contribution in [1.82, 2.24) is 10.2 Å². The topological polar surface area (TPSA) is 66.5 Å². The number of halogens is 2. The first-order valence-corrected chi connectivity index (χ1v) is 9.89. The van der Waals surface area contributed by atoms with Gasteiger partial charge in [-0.15, -0.1) is 0 Å². The summed E-state index contributed by atoms with van der Waals surface area (Å²) in [5.41, 5.74) is 2.65. The molecule has 2 atom stereocenters. The fourth-order valence-electron chi connectivity index (χ4n) is 3.92. The van der Waals surface area contributed by atoms with Gasteiger partial charge < -0.3 is 5.32 Å². The van der Waals surface area contributed by atoms with Crippen LogP contribution in [0, 0.1) is 0 Å². The van der Waals surface area contributed by atoms with E-state index in [-0.39, 0.29) is 33.1 Å². The standard InChI is InChI=1S/C21H18Cl2N2O3/c1-11(19(26)24-18-8-4-6-12-5-2-3-7-13(12)18)25-20(27)14-9-16(22)17(23)10-15(14)21(25)28/h2-3,5,7,9-11,18H,4,6,8H2,1H3,(H,24,26). The summed E-state index contributed by atoms with van der Waals surface area (Å²) in [5, 5.41) is 3.39. The van der Waals surface area contributed by atoms with Gasteiger partial charge in [0.25, 0.3) is 11.8 Å². The SMILES string of the molecule is CC(C(=O)NC1CCCc2ccccc21)N1C(=O)c2cc(Cl)c(Cl)cc2C1=O. The number of aryl methyl sites for hydroxylation is 1. The van der Waals surface area contributed by atoms with Gasteiger partial charge in [-0.05, 0) is 49.4 Å². The molecule has 0 saturated carbocycles. The number of rotatable bonds is 3. The van der Waals surface area contributed by atoms with Crippen LogP contribution in [0.15, 0.2) is 36.4 Å². The Balaban J connectivity index is 1.55. The lowest BCUT2D eigenvalue weighted by Crippen LogP contribution is -2.48. The quantitative estimate of drug-likeness (QED) is 0.763. The summed E-state index contributed by atoms with van der Waals surface area (Å²) in [7, 11) is 0. The number of hydrogen-bond acceptors (Lipinski definition) is 3. The molecule has 5 nitrogen and oxygen atoms in total. The molecule has 4 rings (SSSR count). The predicted octanol–water partition coefficient (Wildman–Crippen LogP) is 4.17. The Morgan fingerprint density at radius 2 is 1.71 bits per heavy atom. The minimum atomic E-state index is -0.945. The van der Waals surface area contributed by atoms with E-state index < -0.39 is 17.9 Å². The van der Waals surface area contributed by atoms with Crippen molar-refractivity contribution in [3.63, 3.8) is 0 Å². The molecule has 0 fully saturated rings. The number of nitrogens with one attached hydrogen (secondary N) is 1. The second-order valence-electron chi connectivity index (χ2n) is 7.12. The Morgan fingerprint density at radius 3 is 2.36 bits per heavy atom. The molecule has 1 N–H and O–H groups in total. The summed E-state index contributed by atoms with van der Waals surface area (Å²) in [6, 6.07) is 9.69. The normalized spacial score (nSPS) is 19.2. The van der Waals surface area contributed by atoms with E-state index in [2.05, 4.69) is 11.4 Å². The van der Waals surface area contributed by atoms with Crippen LogP contribution in [0.2, 0.25) is 10.0 Å². The molecule has 0 aromatic heterocycles. The molecular weight excluding hydrogens is 399 g/mol. The number of fused-ring (bicyclic) bond motifs is 2. The summed E-state index contributed by atoms with van der Waals surface area (Å²) in [6.07, 6.45) is 2.78. The van der Waals surface area contributed by atoms with Crippen LogP contribution in [-0.2, 0) is 11.2 Å². The number of nitrogens with zero attached hydrogens (tertiary/aromatic N) is 1. The lowest BCUT2D eigenvalue weighted by atomic mass is 9.87. The summed E-state index contributed by atoms with van der Waals surface area (Å²) in [4.78, 5) is 39.3. The molecule has 2 aliphatic rings. The Morgan fingerprint density at radius 1 is 1.11 bits per heavy atom. The van der Waals surface area contributed by atoms with Crippen molar-refractivity contribution in [3.8, 4) is 0 Å². The number of imide groups is 1. The Labute approximate surface area is 172 Å². The van der Waals surface area contributed by atoms with E-state index in [1.807, 2.05) is 18.2 Å². The summed E-state index contributed by atoms with van der Waals surface area (Å²) in [5.74, 6) is -1.44. The maximum atomic E-state index is 12.9. The number of benzene rings is 2. The van der Waals surface area contributed by atoms with Crippen molar-refractivity contribution in [1.29, 1.82) is 0 Å². The highest BCUT2D eigenvalue weighted by atomic mass is 35.5. The average molecular weight is 417 g/mol. The van der Waals surface area contributed by atoms with Gasteiger partial charge in [0, 0.05) is 0 Å². The van der Waals surface area contributed by atoms with Gasteiger partial charge in [-0.3, -0.25) is 19.3 Å². The molecule has 1 heterocycles. The molecule has 0 saturated heterocycles. The third-order valence-electron chi connectivity index (χ3n) is 5.41. The van der Waals surface area contributed by atoms with E-state index in [1.54, 1.807) is 6.92 Å². The van der Waals surface area contributed by atoms with Crippen molar-refractivity contribution in [3.05, 3.63) is 68.7 Å². The fraction of sp³-hybridized carbons (Fsp3) is 0.286. The van der Waals surface area contributed by atoms with Crippen molar-refractivity contribution >= 4 is 40.9 Å². The monoisotopic (exact) mass is 416 g/mol. The van der Waals surface area contributed by atoms with E-state index >= 15 is 0 Å². The van der Waals surface area contributed by atoms with Crippen LogP contribution in [0.4, 0.5) is 0 Å². The average Bonchev–Trinajstić information content (AvgIpc) is 2.92. The van der Waals surface area contributed by atoms with E-state index in [1.165, 1.54) is 17.7 Å². The van der Waals surface area contributed by atoms with E-state index in [9.17, 15) is 14.4 Å². The van der Waals surface area contributed by atoms with Crippen molar-refractivity contribution in [2.75, 3.05) is 0 Å². The number of hydrogen-bond donors (Lipinski definition) is 1. The Hall–Kier alpha value is -2.37. The molecule has 3 amide bonds. The maximum absolute atomic E-state index is 12.9. The van der Waals surface area contributed by atoms with E-state index in [4.69, 9.17) is 23.2 Å². The van der Waals surface area contributed by atoms with Gasteiger partial charge in [-0.1, -0.05) is 47.5 Å². The van der Waals surface area contributed by atoms with Crippen molar-refractivity contribution < 1.29 is 14.4 Å². The van der Waals surface area contributed by atoms with Crippen molar-refractivity contribution in [2.45, 2.75) is 38.3 Å². The lowest BCUT2D eigenvalue weighted by Gasteiger charge is -2.29. The molecule has 1 aliphatic carbocycles. The number of amides is 3. The van der Waals surface area contributed by atoms with Gasteiger partial charge in [-0.2, -0.15) is 0 Å². The minimum absolute atomic E-state index is 0.126. The highest BCUT2D eigenvalue weighted by Gasteiger charge is 2.42. The first-order chi connectivity index (χ1) is 13.4. The second kappa shape index (κ2) is 7.22. The van der Waals surface area contributed by atoms with Crippen LogP contribution < -0.4 is 5.32 Å². The van der Waals surface area contributed by atoms with Gasteiger partial charge >= 0.3 is 0 Å². The molecule has 0 bridgehead atoms. The summed E-state index contributed by atoms with van der Waals surface area (Å²) >= 11 is 12.0. The third kappa shape index (κ3) is 3.09. The third-order valence-corrected chi connectivity index (χ3v) is 6.13. The predicted molar refractivity (Wildman–Crippen MR) is 107 cm³/mol. The molecule has 0 radical (unpaired) electrons. The number of carbonyl (C=O) groups is 3. The highest BCUT2D eigenvalue weighted by molar-refractivity contribution is 6.43. The Bertz CT molecular complexity index is 964. The smallest absolute Gasteiger partial charge is 0.262 e. The van der Waals surface area contributed by atoms with Gasteiger partial charge in [0.15, 0.2) is 0 Å².